The van der Waals surface area contributed by atoms with Crippen LogP contribution in [0.5, 0.6) is 0 Å². The molecule has 4 nitrogen and oxygen atoms in total. The maximum atomic E-state index is 12.1. The molecular formula is C21H20N2O2S2. The predicted octanol–water partition coefficient (Wildman–Crippen LogP) is 4.97. The van der Waals surface area contributed by atoms with Gasteiger partial charge in [-0.3, -0.25) is 9.59 Å². The Morgan fingerprint density at radius 3 is 2.48 bits per heavy atom. The average molecular weight is 397 g/mol. The van der Waals surface area contributed by atoms with E-state index in [2.05, 4.69) is 10.6 Å². The maximum absolute atomic E-state index is 12.1. The lowest BCUT2D eigenvalue weighted by atomic mass is 10.1. The highest BCUT2D eigenvalue weighted by atomic mass is 32.2. The van der Waals surface area contributed by atoms with E-state index in [9.17, 15) is 9.59 Å². The van der Waals surface area contributed by atoms with Gasteiger partial charge in [0.1, 0.15) is 0 Å². The van der Waals surface area contributed by atoms with E-state index in [1.807, 2.05) is 66.9 Å². The summed E-state index contributed by atoms with van der Waals surface area (Å²) in [6.45, 7) is 1.91. The van der Waals surface area contributed by atoms with Crippen LogP contribution >= 0.6 is 23.1 Å². The molecule has 0 bridgehead atoms. The normalized spacial score (nSPS) is 10.4. The molecule has 0 aliphatic carbocycles. The van der Waals surface area contributed by atoms with E-state index in [0.29, 0.717) is 12.2 Å². The minimum atomic E-state index is -0.0577. The number of aryl methyl sites for hydroxylation is 1. The fourth-order valence-corrected chi connectivity index (χ4v) is 3.93. The summed E-state index contributed by atoms with van der Waals surface area (Å²) in [5.41, 5.74) is 2.39. The number of rotatable bonds is 7. The van der Waals surface area contributed by atoms with E-state index in [0.717, 1.165) is 26.7 Å². The highest BCUT2D eigenvalue weighted by Crippen LogP contribution is 2.22. The lowest BCUT2D eigenvalue weighted by molar-refractivity contribution is -0.115. The van der Waals surface area contributed by atoms with Crippen molar-refractivity contribution in [3.05, 3.63) is 76.5 Å². The lowest BCUT2D eigenvalue weighted by Gasteiger charge is -2.11. The van der Waals surface area contributed by atoms with Crippen molar-refractivity contribution in [1.29, 1.82) is 0 Å². The molecule has 3 aromatic rings. The zero-order valence-electron chi connectivity index (χ0n) is 14.9. The summed E-state index contributed by atoms with van der Waals surface area (Å²) in [6.07, 6.45) is 0.367. The molecular weight excluding hydrogens is 376 g/mol. The summed E-state index contributed by atoms with van der Waals surface area (Å²) < 4.78 is 0. The number of thioether (sulfide) groups is 1. The summed E-state index contributed by atoms with van der Waals surface area (Å²) in [5.74, 6) is 0.247. The lowest BCUT2D eigenvalue weighted by Crippen LogP contribution is -2.16. The predicted molar refractivity (Wildman–Crippen MR) is 114 cm³/mol. The Morgan fingerprint density at radius 2 is 1.78 bits per heavy atom. The van der Waals surface area contributed by atoms with Crippen LogP contribution in [0.15, 0.2) is 70.9 Å². The number of nitrogens with one attached hydrogen (secondary N) is 2. The van der Waals surface area contributed by atoms with Crippen LogP contribution in [-0.2, 0) is 16.0 Å². The SMILES string of the molecule is Cc1cc(NC(=O)CSc2ccccc2)ccc1NC(=O)Cc1cccs1. The van der Waals surface area contributed by atoms with Crippen molar-refractivity contribution in [2.45, 2.75) is 18.2 Å². The largest absolute Gasteiger partial charge is 0.326 e. The molecule has 0 aliphatic heterocycles. The van der Waals surface area contributed by atoms with Gasteiger partial charge >= 0.3 is 0 Å². The van der Waals surface area contributed by atoms with Gasteiger partial charge in [-0.2, -0.15) is 0 Å². The van der Waals surface area contributed by atoms with Gasteiger partial charge in [-0.25, -0.2) is 0 Å². The number of carbonyl (C=O) groups is 2. The van der Waals surface area contributed by atoms with Crippen molar-refractivity contribution < 1.29 is 9.59 Å². The Balaban J connectivity index is 1.52. The molecule has 27 heavy (non-hydrogen) atoms. The quantitative estimate of drug-likeness (QED) is 0.555. The Bertz CT molecular complexity index is 909. The standard InChI is InChI=1S/C21H20N2O2S2/c1-15-12-16(22-21(25)14-27-17-6-3-2-4-7-17)9-10-19(15)23-20(24)13-18-8-5-11-26-18/h2-12H,13-14H2,1H3,(H,22,25)(H,23,24). The Morgan fingerprint density at radius 1 is 0.963 bits per heavy atom. The summed E-state index contributed by atoms with van der Waals surface area (Å²) >= 11 is 3.07. The zero-order chi connectivity index (χ0) is 19.1. The molecule has 138 valence electrons. The van der Waals surface area contributed by atoms with E-state index in [1.165, 1.54) is 11.8 Å². The van der Waals surface area contributed by atoms with Crippen LogP contribution in [0, 0.1) is 6.92 Å². The second-order valence-corrected chi connectivity index (χ2v) is 8.06. The van der Waals surface area contributed by atoms with Crippen LogP contribution < -0.4 is 10.6 Å². The molecule has 1 heterocycles. The molecule has 0 unspecified atom stereocenters. The molecule has 1 aromatic heterocycles. The number of amides is 2. The van der Waals surface area contributed by atoms with Gasteiger partial charge in [0.05, 0.1) is 12.2 Å². The third kappa shape index (κ3) is 5.98. The van der Waals surface area contributed by atoms with Gasteiger partial charge in [-0.15, -0.1) is 23.1 Å². The molecule has 0 fully saturated rings. The van der Waals surface area contributed by atoms with Crippen molar-refractivity contribution in [1.82, 2.24) is 0 Å². The van der Waals surface area contributed by atoms with E-state index in [-0.39, 0.29) is 11.8 Å². The van der Waals surface area contributed by atoms with Gasteiger partial charge in [0.2, 0.25) is 11.8 Å². The van der Waals surface area contributed by atoms with Crippen molar-refractivity contribution in [3.63, 3.8) is 0 Å². The van der Waals surface area contributed by atoms with Crippen LogP contribution in [0.3, 0.4) is 0 Å². The smallest absolute Gasteiger partial charge is 0.234 e. The minimum Gasteiger partial charge on any atom is -0.326 e. The molecule has 6 heteroatoms. The molecule has 0 saturated heterocycles. The number of thiophene rings is 1. The molecule has 0 atom stereocenters. The number of anilines is 2. The van der Waals surface area contributed by atoms with Gasteiger partial charge in [-0.1, -0.05) is 24.3 Å². The topological polar surface area (TPSA) is 58.2 Å². The summed E-state index contributed by atoms with van der Waals surface area (Å²) in [5, 5.41) is 7.79. The summed E-state index contributed by atoms with van der Waals surface area (Å²) in [4.78, 5) is 26.4. The molecule has 2 amide bonds. The van der Waals surface area contributed by atoms with Crippen molar-refractivity contribution in [3.8, 4) is 0 Å². The number of hydrogen-bond donors (Lipinski definition) is 2. The molecule has 0 spiro atoms. The third-order valence-corrected chi connectivity index (χ3v) is 5.70. The molecule has 0 saturated carbocycles. The first-order valence-corrected chi connectivity index (χ1v) is 10.4. The zero-order valence-corrected chi connectivity index (χ0v) is 16.5. The molecule has 2 N–H and O–H groups in total. The highest BCUT2D eigenvalue weighted by molar-refractivity contribution is 8.00. The number of benzene rings is 2. The van der Waals surface area contributed by atoms with Crippen LogP contribution in [0.1, 0.15) is 10.4 Å². The van der Waals surface area contributed by atoms with Crippen molar-refractivity contribution in [2.75, 3.05) is 16.4 Å². The van der Waals surface area contributed by atoms with Gasteiger partial charge < -0.3 is 10.6 Å². The number of carbonyl (C=O) groups excluding carboxylic acids is 2. The maximum Gasteiger partial charge on any atom is 0.234 e. The van der Waals surface area contributed by atoms with E-state index in [4.69, 9.17) is 0 Å². The molecule has 0 aliphatic rings. The monoisotopic (exact) mass is 396 g/mol. The molecule has 2 aromatic carbocycles. The summed E-state index contributed by atoms with van der Waals surface area (Å²) in [6, 6.07) is 19.2. The van der Waals surface area contributed by atoms with Crippen molar-refractivity contribution >= 4 is 46.3 Å². The first kappa shape index (κ1) is 19.2. The highest BCUT2D eigenvalue weighted by Gasteiger charge is 2.09. The van der Waals surface area contributed by atoms with Crippen LogP contribution in [-0.4, -0.2) is 17.6 Å². The van der Waals surface area contributed by atoms with Crippen molar-refractivity contribution in [2.24, 2.45) is 0 Å². The van der Waals surface area contributed by atoms with Crippen LogP contribution in [0.4, 0.5) is 11.4 Å². The Kier molecular flexibility index (Phi) is 6.68. The first-order valence-electron chi connectivity index (χ1n) is 8.51. The second kappa shape index (κ2) is 9.39. The summed E-state index contributed by atoms with van der Waals surface area (Å²) in [7, 11) is 0. The second-order valence-electron chi connectivity index (χ2n) is 5.98. The fourth-order valence-electron chi connectivity index (χ4n) is 2.51. The Hall–Kier alpha value is -2.57. The fraction of sp³-hybridized carbons (Fsp3) is 0.143. The van der Waals surface area contributed by atoms with Crippen LogP contribution in [0.25, 0.3) is 0 Å². The average Bonchev–Trinajstić information content (AvgIpc) is 3.16. The van der Waals surface area contributed by atoms with Crippen LogP contribution in [0.2, 0.25) is 0 Å². The Labute approximate surface area is 167 Å². The number of hydrogen-bond acceptors (Lipinski definition) is 4. The minimum absolute atomic E-state index is 0.0448. The third-order valence-electron chi connectivity index (χ3n) is 3.81. The van der Waals surface area contributed by atoms with Gasteiger partial charge in [0.15, 0.2) is 0 Å². The molecule has 0 radical (unpaired) electrons. The van der Waals surface area contributed by atoms with E-state index >= 15 is 0 Å². The molecule has 3 rings (SSSR count). The first-order chi connectivity index (χ1) is 13.1. The van der Waals surface area contributed by atoms with Gasteiger partial charge in [-0.05, 0) is 54.3 Å². The van der Waals surface area contributed by atoms with Gasteiger partial charge in [0, 0.05) is 21.1 Å². The van der Waals surface area contributed by atoms with E-state index < -0.39 is 0 Å². The van der Waals surface area contributed by atoms with E-state index in [1.54, 1.807) is 17.4 Å². The van der Waals surface area contributed by atoms with Gasteiger partial charge in [0.25, 0.3) is 0 Å².